The molecular formula is C18H23N. The van der Waals surface area contributed by atoms with Crippen molar-refractivity contribution in [2.45, 2.75) is 32.2 Å². The summed E-state index contributed by atoms with van der Waals surface area (Å²) in [6.45, 7) is 2.22. The quantitative estimate of drug-likeness (QED) is 0.815. The normalized spacial score (nSPS) is 12.3. The highest BCUT2D eigenvalue weighted by atomic mass is 14.9. The molecule has 1 heteroatoms. The molecule has 1 N–H and O–H groups in total. The van der Waals surface area contributed by atoms with Gasteiger partial charge in [0.2, 0.25) is 0 Å². The van der Waals surface area contributed by atoms with Gasteiger partial charge >= 0.3 is 0 Å². The predicted molar refractivity (Wildman–Crippen MR) is 82.4 cm³/mol. The molecule has 1 unspecified atom stereocenters. The minimum Gasteiger partial charge on any atom is -0.313 e. The molecule has 19 heavy (non-hydrogen) atoms. The average Bonchev–Trinajstić information content (AvgIpc) is 2.49. The predicted octanol–water partition coefficient (Wildman–Crippen LogP) is 4.14. The zero-order chi connectivity index (χ0) is 13.5. The van der Waals surface area contributed by atoms with E-state index in [1.165, 1.54) is 16.7 Å². The summed E-state index contributed by atoms with van der Waals surface area (Å²) in [5.41, 5.74) is 4.31. The van der Waals surface area contributed by atoms with E-state index in [-0.39, 0.29) is 0 Å². The Morgan fingerprint density at radius 2 is 1.63 bits per heavy atom. The van der Waals surface area contributed by atoms with Crippen molar-refractivity contribution in [1.29, 1.82) is 0 Å². The Hall–Kier alpha value is -1.60. The summed E-state index contributed by atoms with van der Waals surface area (Å²) in [5, 5.41) is 3.46. The van der Waals surface area contributed by atoms with Crippen LogP contribution in [0.5, 0.6) is 0 Å². The van der Waals surface area contributed by atoms with Crippen LogP contribution in [-0.4, -0.2) is 7.05 Å². The molecule has 0 amide bonds. The summed E-state index contributed by atoms with van der Waals surface area (Å²) in [5.74, 6) is 0. The smallest absolute Gasteiger partial charge is 0.0323 e. The Balaban J connectivity index is 2.08. The highest BCUT2D eigenvalue weighted by Gasteiger charge is 2.12. The fourth-order valence-electron chi connectivity index (χ4n) is 2.61. The third kappa shape index (κ3) is 3.68. The number of hydrogen-bond acceptors (Lipinski definition) is 1. The van der Waals surface area contributed by atoms with Crippen LogP contribution in [0.25, 0.3) is 0 Å². The molecule has 0 aliphatic heterocycles. The molecule has 2 aromatic rings. The first-order valence-corrected chi connectivity index (χ1v) is 7.14. The molecule has 0 radical (unpaired) electrons. The Bertz CT molecular complexity index is 490. The maximum absolute atomic E-state index is 3.46. The maximum Gasteiger partial charge on any atom is 0.0323 e. The molecule has 0 saturated carbocycles. The van der Waals surface area contributed by atoms with Crippen LogP contribution in [0.4, 0.5) is 0 Å². The Morgan fingerprint density at radius 3 is 2.32 bits per heavy atom. The Labute approximate surface area is 116 Å². The van der Waals surface area contributed by atoms with Gasteiger partial charge in [0, 0.05) is 6.04 Å². The van der Waals surface area contributed by atoms with E-state index >= 15 is 0 Å². The number of rotatable bonds is 6. The second kappa shape index (κ2) is 7.10. The minimum absolute atomic E-state index is 0.441. The van der Waals surface area contributed by atoms with Gasteiger partial charge in [-0.1, -0.05) is 61.5 Å². The van der Waals surface area contributed by atoms with Crippen LogP contribution in [0, 0.1) is 0 Å². The van der Waals surface area contributed by atoms with Gasteiger partial charge in [-0.05, 0) is 43.0 Å². The van der Waals surface area contributed by atoms with Crippen LogP contribution in [0.2, 0.25) is 0 Å². The van der Waals surface area contributed by atoms with Gasteiger partial charge in [0.05, 0.1) is 0 Å². The third-order valence-electron chi connectivity index (χ3n) is 3.72. The number of hydrogen-bond donors (Lipinski definition) is 1. The van der Waals surface area contributed by atoms with Crippen LogP contribution in [0.15, 0.2) is 54.6 Å². The molecule has 2 rings (SSSR count). The molecule has 1 atom stereocenters. The Morgan fingerprint density at radius 1 is 0.947 bits per heavy atom. The van der Waals surface area contributed by atoms with E-state index in [0.29, 0.717) is 6.04 Å². The van der Waals surface area contributed by atoms with E-state index in [2.05, 4.69) is 73.9 Å². The van der Waals surface area contributed by atoms with Gasteiger partial charge in [0.15, 0.2) is 0 Å². The molecule has 2 aromatic carbocycles. The second-order valence-corrected chi connectivity index (χ2v) is 4.92. The number of nitrogens with one attached hydrogen (secondary N) is 1. The fourth-order valence-corrected chi connectivity index (χ4v) is 2.61. The van der Waals surface area contributed by atoms with Crippen molar-refractivity contribution in [2.24, 2.45) is 0 Å². The summed E-state index contributed by atoms with van der Waals surface area (Å²) in [4.78, 5) is 0. The molecule has 0 spiro atoms. The van der Waals surface area contributed by atoms with Crippen LogP contribution < -0.4 is 5.32 Å². The van der Waals surface area contributed by atoms with Crippen molar-refractivity contribution in [3.8, 4) is 0 Å². The number of benzene rings is 2. The molecule has 0 heterocycles. The van der Waals surface area contributed by atoms with E-state index in [1.54, 1.807) is 0 Å². The lowest BCUT2D eigenvalue weighted by atomic mass is 9.94. The van der Waals surface area contributed by atoms with Gasteiger partial charge in [0.1, 0.15) is 0 Å². The van der Waals surface area contributed by atoms with Crippen molar-refractivity contribution >= 4 is 0 Å². The van der Waals surface area contributed by atoms with Crippen LogP contribution in [0.3, 0.4) is 0 Å². The van der Waals surface area contributed by atoms with Gasteiger partial charge in [-0.2, -0.15) is 0 Å². The molecule has 0 aliphatic carbocycles. The highest BCUT2D eigenvalue weighted by Crippen LogP contribution is 2.23. The van der Waals surface area contributed by atoms with Crippen molar-refractivity contribution in [3.63, 3.8) is 0 Å². The zero-order valence-electron chi connectivity index (χ0n) is 11.9. The van der Waals surface area contributed by atoms with Gasteiger partial charge in [-0.3, -0.25) is 0 Å². The first-order chi connectivity index (χ1) is 9.35. The van der Waals surface area contributed by atoms with Gasteiger partial charge in [-0.15, -0.1) is 0 Å². The largest absolute Gasteiger partial charge is 0.313 e. The topological polar surface area (TPSA) is 12.0 Å². The lowest BCUT2D eigenvalue weighted by molar-refractivity contribution is 0.545. The van der Waals surface area contributed by atoms with Crippen LogP contribution in [0.1, 0.15) is 36.1 Å². The van der Waals surface area contributed by atoms with Crippen molar-refractivity contribution in [3.05, 3.63) is 71.3 Å². The lowest BCUT2D eigenvalue weighted by Gasteiger charge is -2.19. The minimum atomic E-state index is 0.441. The molecule has 0 fully saturated rings. The van der Waals surface area contributed by atoms with Gasteiger partial charge < -0.3 is 5.32 Å². The molecule has 0 aliphatic rings. The summed E-state index contributed by atoms with van der Waals surface area (Å²) in [6.07, 6.45) is 3.35. The first-order valence-electron chi connectivity index (χ1n) is 7.14. The van der Waals surface area contributed by atoms with Crippen LogP contribution >= 0.6 is 0 Å². The zero-order valence-corrected chi connectivity index (χ0v) is 11.9. The molecule has 0 saturated heterocycles. The lowest BCUT2D eigenvalue weighted by Crippen LogP contribution is -2.18. The number of aryl methyl sites for hydroxylation is 2. The first kappa shape index (κ1) is 13.8. The molecule has 100 valence electrons. The molecule has 0 aromatic heterocycles. The molecule has 1 nitrogen and oxygen atoms in total. The fraction of sp³-hybridized carbons (Fsp3) is 0.333. The van der Waals surface area contributed by atoms with Crippen molar-refractivity contribution < 1.29 is 0 Å². The molecular weight excluding hydrogens is 230 g/mol. The second-order valence-electron chi connectivity index (χ2n) is 4.92. The Kier molecular flexibility index (Phi) is 5.17. The summed E-state index contributed by atoms with van der Waals surface area (Å²) >= 11 is 0. The van der Waals surface area contributed by atoms with Crippen molar-refractivity contribution in [1.82, 2.24) is 5.32 Å². The standard InChI is InChI=1S/C18H23N/c1-3-16-11-7-8-12-17(16)18(19-2)14-13-15-9-5-4-6-10-15/h4-12,18-19H,3,13-14H2,1-2H3. The van der Waals surface area contributed by atoms with E-state index in [1.807, 2.05) is 0 Å². The van der Waals surface area contributed by atoms with E-state index < -0.39 is 0 Å². The van der Waals surface area contributed by atoms with E-state index in [0.717, 1.165) is 19.3 Å². The monoisotopic (exact) mass is 253 g/mol. The highest BCUT2D eigenvalue weighted by molar-refractivity contribution is 5.30. The third-order valence-corrected chi connectivity index (χ3v) is 3.72. The van der Waals surface area contributed by atoms with Gasteiger partial charge in [-0.25, -0.2) is 0 Å². The van der Waals surface area contributed by atoms with Crippen LogP contribution in [-0.2, 0) is 12.8 Å². The SMILES string of the molecule is CCc1ccccc1C(CCc1ccccc1)NC. The maximum atomic E-state index is 3.46. The van der Waals surface area contributed by atoms with Gasteiger partial charge in [0.25, 0.3) is 0 Å². The average molecular weight is 253 g/mol. The summed E-state index contributed by atoms with van der Waals surface area (Å²) in [6, 6.07) is 19.9. The summed E-state index contributed by atoms with van der Waals surface area (Å²) < 4.78 is 0. The van der Waals surface area contributed by atoms with E-state index in [4.69, 9.17) is 0 Å². The summed E-state index contributed by atoms with van der Waals surface area (Å²) in [7, 11) is 2.06. The van der Waals surface area contributed by atoms with Crippen molar-refractivity contribution in [2.75, 3.05) is 7.05 Å². The van der Waals surface area contributed by atoms with E-state index in [9.17, 15) is 0 Å². The molecule has 0 bridgehead atoms.